The first-order valence-electron chi connectivity index (χ1n) is 8.75. The average Bonchev–Trinajstić information content (AvgIpc) is 2.97. The number of halogens is 1. The van der Waals surface area contributed by atoms with Gasteiger partial charge in [0.05, 0.1) is 12.7 Å². The molecule has 0 aromatic heterocycles. The topological polar surface area (TPSA) is 64.6 Å². The van der Waals surface area contributed by atoms with E-state index in [0.29, 0.717) is 11.1 Å². The van der Waals surface area contributed by atoms with Gasteiger partial charge < -0.3 is 14.8 Å². The maximum atomic E-state index is 13.6. The van der Waals surface area contributed by atoms with E-state index in [9.17, 15) is 14.0 Å². The molecule has 0 aliphatic heterocycles. The summed E-state index contributed by atoms with van der Waals surface area (Å²) in [5.41, 5.74) is 0.213. The highest BCUT2D eigenvalue weighted by atomic mass is 19.1. The number of alkyl carbamates (subject to hydrolysis) is 1. The quantitative estimate of drug-likeness (QED) is 0.809. The van der Waals surface area contributed by atoms with Crippen LogP contribution in [0.15, 0.2) is 24.3 Å². The normalized spacial score (nSPS) is 20.2. The summed E-state index contributed by atoms with van der Waals surface area (Å²) < 4.78 is 23.6. The third-order valence-corrected chi connectivity index (χ3v) is 4.21. The Morgan fingerprint density at radius 3 is 2.65 bits per heavy atom. The van der Waals surface area contributed by atoms with Gasteiger partial charge in [0.2, 0.25) is 0 Å². The summed E-state index contributed by atoms with van der Waals surface area (Å²) >= 11 is 0. The molecule has 1 aliphatic carbocycles. The first-order chi connectivity index (χ1) is 12.2. The van der Waals surface area contributed by atoms with Crippen molar-refractivity contribution in [3.63, 3.8) is 0 Å². The molecule has 6 heteroatoms. The number of esters is 1. The fourth-order valence-electron chi connectivity index (χ4n) is 3.05. The summed E-state index contributed by atoms with van der Waals surface area (Å²) in [5.74, 6) is -0.845. The predicted octanol–water partition coefficient (Wildman–Crippen LogP) is 4.32. The number of methoxy groups -OCH3 is 1. The van der Waals surface area contributed by atoms with Gasteiger partial charge >= 0.3 is 12.1 Å². The molecule has 26 heavy (non-hydrogen) atoms. The highest BCUT2D eigenvalue weighted by molar-refractivity contribution is 5.93. The molecule has 0 unspecified atom stereocenters. The Morgan fingerprint density at radius 2 is 2.00 bits per heavy atom. The van der Waals surface area contributed by atoms with Crippen LogP contribution in [0.1, 0.15) is 56.0 Å². The number of hydrogen-bond acceptors (Lipinski definition) is 4. The molecule has 2 atom stereocenters. The summed E-state index contributed by atoms with van der Waals surface area (Å²) in [6, 6.07) is 3.89. The van der Waals surface area contributed by atoms with E-state index in [2.05, 4.69) is 5.32 Å². The molecular weight excluding hydrogens is 337 g/mol. The van der Waals surface area contributed by atoms with Crippen molar-refractivity contribution in [2.75, 3.05) is 7.11 Å². The second kappa shape index (κ2) is 8.34. The number of ether oxygens (including phenoxy) is 2. The van der Waals surface area contributed by atoms with E-state index in [1.165, 1.54) is 25.3 Å². The Kier molecular flexibility index (Phi) is 6.40. The molecule has 142 valence electrons. The molecule has 0 heterocycles. The van der Waals surface area contributed by atoms with Crippen LogP contribution in [-0.4, -0.2) is 30.8 Å². The van der Waals surface area contributed by atoms with Crippen molar-refractivity contribution >= 4 is 18.1 Å². The van der Waals surface area contributed by atoms with Crippen molar-refractivity contribution in [1.29, 1.82) is 0 Å². The minimum absolute atomic E-state index is 0.0452. The number of amides is 1. The lowest BCUT2D eigenvalue weighted by Gasteiger charge is -2.23. The van der Waals surface area contributed by atoms with E-state index in [0.717, 1.165) is 19.3 Å². The zero-order valence-electron chi connectivity index (χ0n) is 15.7. The summed E-state index contributed by atoms with van der Waals surface area (Å²) in [7, 11) is 1.29. The van der Waals surface area contributed by atoms with Gasteiger partial charge in [-0.05, 0) is 63.3 Å². The number of nitrogens with one attached hydrogen (secondary N) is 1. The molecule has 0 saturated heterocycles. The molecule has 1 fully saturated rings. The van der Waals surface area contributed by atoms with Crippen molar-refractivity contribution in [1.82, 2.24) is 5.32 Å². The first kappa shape index (κ1) is 19.9. The van der Waals surface area contributed by atoms with Crippen molar-refractivity contribution < 1.29 is 23.5 Å². The van der Waals surface area contributed by atoms with Gasteiger partial charge in [0, 0.05) is 6.04 Å². The van der Waals surface area contributed by atoms with E-state index in [1.54, 1.807) is 6.08 Å². The van der Waals surface area contributed by atoms with Crippen LogP contribution in [0.25, 0.3) is 6.08 Å². The number of benzene rings is 1. The Labute approximate surface area is 153 Å². The molecule has 0 radical (unpaired) electrons. The molecule has 1 N–H and O–H groups in total. The Bertz CT molecular complexity index is 694. The van der Waals surface area contributed by atoms with E-state index < -0.39 is 23.5 Å². The standard InChI is InChI=1S/C20H26FNO4/c1-20(2,3)26-19(24)22-17-7-5-6-13(17)8-9-14-12-15(21)10-11-16(14)18(23)25-4/h8-13,17H,5-7H2,1-4H3,(H,22,24)/t13-,17-/m0/s1. The molecule has 5 nitrogen and oxygen atoms in total. The fraction of sp³-hybridized carbons (Fsp3) is 0.500. The molecule has 1 aromatic rings. The summed E-state index contributed by atoms with van der Waals surface area (Å²) in [6.07, 6.45) is 5.92. The van der Waals surface area contributed by atoms with Crippen LogP contribution in [0.2, 0.25) is 0 Å². The van der Waals surface area contributed by atoms with Crippen LogP contribution in [-0.2, 0) is 9.47 Å². The highest BCUT2D eigenvalue weighted by Gasteiger charge is 2.28. The van der Waals surface area contributed by atoms with Gasteiger partial charge in [-0.15, -0.1) is 0 Å². The lowest BCUT2D eigenvalue weighted by molar-refractivity contribution is 0.0497. The molecular formula is C20H26FNO4. The van der Waals surface area contributed by atoms with Gasteiger partial charge in [-0.25, -0.2) is 14.0 Å². The number of rotatable bonds is 4. The van der Waals surface area contributed by atoms with Crippen molar-refractivity contribution in [3.8, 4) is 0 Å². The molecule has 1 amide bonds. The van der Waals surface area contributed by atoms with Crippen LogP contribution in [0, 0.1) is 11.7 Å². The largest absolute Gasteiger partial charge is 0.465 e. The first-order valence-corrected chi connectivity index (χ1v) is 8.75. The SMILES string of the molecule is COC(=O)c1ccc(F)cc1C=C[C@@H]1CCC[C@@H]1NC(=O)OC(C)(C)C. The van der Waals surface area contributed by atoms with Crippen molar-refractivity contribution in [2.24, 2.45) is 5.92 Å². The van der Waals surface area contributed by atoms with Gasteiger partial charge in [-0.3, -0.25) is 0 Å². The van der Waals surface area contributed by atoms with E-state index in [4.69, 9.17) is 9.47 Å². The smallest absolute Gasteiger partial charge is 0.407 e. The van der Waals surface area contributed by atoms with Crippen LogP contribution >= 0.6 is 0 Å². The third kappa shape index (κ3) is 5.58. The van der Waals surface area contributed by atoms with Gasteiger partial charge in [0.15, 0.2) is 0 Å². The van der Waals surface area contributed by atoms with Crippen LogP contribution in [0.4, 0.5) is 9.18 Å². The molecule has 2 rings (SSSR count). The van der Waals surface area contributed by atoms with E-state index in [1.807, 2.05) is 26.8 Å². The lowest BCUT2D eigenvalue weighted by atomic mass is 10.00. The predicted molar refractivity (Wildman–Crippen MR) is 97.3 cm³/mol. The van der Waals surface area contributed by atoms with Gasteiger partial charge in [0.25, 0.3) is 0 Å². The number of hydrogen-bond donors (Lipinski definition) is 1. The van der Waals surface area contributed by atoms with Crippen LogP contribution in [0.5, 0.6) is 0 Å². The zero-order valence-corrected chi connectivity index (χ0v) is 15.7. The van der Waals surface area contributed by atoms with E-state index in [-0.39, 0.29) is 12.0 Å². The molecule has 0 spiro atoms. The second-order valence-corrected chi connectivity index (χ2v) is 7.43. The number of carbonyl (C=O) groups is 2. The fourth-order valence-corrected chi connectivity index (χ4v) is 3.05. The van der Waals surface area contributed by atoms with Crippen LogP contribution < -0.4 is 5.32 Å². The minimum Gasteiger partial charge on any atom is -0.465 e. The van der Waals surface area contributed by atoms with Crippen LogP contribution in [0.3, 0.4) is 0 Å². The average molecular weight is 363 g/mol. The molecule has 1 aliphatic rings. The Hall–Kier alpha value is -2.37. The van der Waals surface area contributed by atoms with E-state index >= 15 is 0 Å². The maximum Gasteiger partial charge on any atom is 0.407 e. The number of carbonyl (C=O) groups excluding carboxylic acids is 2. The summed E-state index contributed by atoms with van der Waals surface area (Å²) in [5, 5.41) is 2.90. The minimum atomic E-state index is -0.551. The van der Waals surface area contributed by atoms with Gasteiger partial charge in [0.1, 0.15) is 11.4 Å². The summed E-state index contributed by atoms with van der Waals surface area (Å²) in [4.78, 5) is 23.8. The molecule has 1 aromatic carbocycles. The van der Waals surface area contributed by atoms with Gasteiger partial charge in [-0.2, -0.15) is 0 Å². The highest BCUT2D eigenvalue weighted by Crippen LogP contribution is 2.28. The second-order valence-electron chi connectivity index (χ2n) is 7.43. The lowest BCUT2D eigenvalue weighted by Crippen LogP contribution is -2.40. The zero-order chi connectivity index (χ0) is 19.3. The third-order valence-electron chi connectivity index (χ3n) is 4.21. The Morgan fingerprint density at radius 1 is 1.27 bits per heavy atom. The monoisotopic (exact) mass is 363 g/mol. The molecule has 0 bridgehead atoms. The molecule has 1 saturated carbocycles. The van der Waals surface area contributed by atoms with Crippen molar-refractivity contribution in [3.05, 3.63) is 41.2 Å². The van der Waals surface area contributed by atoms with Crippen molar-refractivity contribution in [2.45, 2.75) is 51.7 Å². The van der Waals surface area contributed by atoms with Gasteiger partial charge in [-0.1, -0.05) is 18.6 Å². The Balaban J connectivity index is 2.11. The summed E-state index contributed by atoms with van der Waals surface area (Å²) in [6.45, 7) is 5.45. The maximum absolute atomic E-state index is 13.6.